The van der Waals surface area contributed by atoms with Crippen LogP contribution in [0.15, 0.2) is 6.20 Å². The first kappa shape index (κ1) is 10.2. The van der Waals surface area contributed by atoms with Crippen molar-refractivity contribution in [1.82, 2.24) is 9.55 Å². The highest BCUT2D eigenvalue weighted by Gasteiger charge is 2.19. The van der Waals surface area contributed by atoms with E-state index in [2.05, 4.69) is 9.72 Å². The van der Waals surface area contributed by atoms with Crippen LogP contribution in [0, 0.1) is 10.1 Å². The topological polar surface area (TPSA) is 87.3 Å². The summed E-state index contributed by atoms with van der Waals surface area (Å²) in [6.45, 7) is 0. The lowest BCUT2D eigenvalue weighted by Crippen LogP contribution is -2.08. The van der Waals surface area contributed by atoms with Gasteiger partial charge in [-0.1, -0.05) is 0 Å². The maximum Gasteiger partial charge on any atom is 0.381 e. The van der Waals surface area contributed by atoms with E-state index in [9.17, 15) is 14.9 Å². The smallest absolute Gasteiger partial charge is 0.381 e. The summed E-state index contributed by atoms with van der Waals surface area (Å²) in [5, 5.41) is 10.3. The molecule has 0 N–H and O–H groups in total. The third-order valence-electron chi connectivity index (χ3n) is 1.68. The van der Waals surface area contributed by atoms with Crippen LogP contribution in [0.4, 0.5) is 5.82 Å². The van der Waals surface area contributed by atoms with Gasteiger partial charge in [0.15, 0.2) is 0 Å². The molecule has 0 aliphatic carbocycles. The molecule has 0 amide bonds. The van der Waals surface area contributed by atoms with E-state index in [-0.39, 0.29) is 12.2 Å². The predicted octanol–water partition coefficient (Wildman–Crippen LogP) is 0.0438. The van der Waals surface area contributed by atoms with Crippen molar-refractivity contribution in [3.8, 4) is 0 Å². The molecule has 0 aromatic carbocycles. The molecule has 1 rings (SSSR count). The van der Waals surface area contributed by atoms with E-state index in [1.165, 1.54) is 17.9 Å². The van der Waals surface area contributed by atoms with Gasteiger partial charge >= 0.3 is 11.8 Å². The van der Waals surface area contributed by atoms with E-state index in [1.807, 2.05) is 0 Å². The van der Waals surface area contributed by atoms with Gasteiger partial charge in [0.25, 0.3) is 0 Å². The lowest BCUT2D eigenvalue weighted by Gasteiger charge is -1.94. The Morgan fingerprint density at radius 1 is 1.79 bits per heavy atom. The number of methoxy groups -OCH3 is 1. The molecule has 0 aliphatic rings. The first-order valence-corrected chi connectivity index (χ1v) is 3.78. The Labute approximate surface area is 79.5 Å². The molecule has 0 aliphatic heterocycles. The van der Waals surface area contributed by atoms with Crippen LogP contribution in [-0.2, 0) is 23.0 Å². The van der Waals surface area contributed by atoms with E-state index in [0.29, 0.717) is 5.82 Å². The van der Waals surface area contributed by atoms with Crippen LogP contribution in [0.1, 0.15) is 5.82 Å². The average Bonchev–Trinajstić information content (AvgIpc) is 2.48. The first-order chi connectivity index (χ1) is 6.54. The number of nitrogens with zero attached hydrogens (tertiary/aromatic N) is 3. The number of ether oxygens (including phenoxy) is 1. The molecular weight excluding hydrogens is 190 g/mol. The van der Waals surface area contributed by atoms with Crippen molar-refractivity contribution in [3.63, 3.8) is 0 Å². The molecule has 0 unspecified atom stereocenters. The minimum atomic E-state index is -0.610. The van der Waals surface area contributed by atoms with Crippen molar-refractivity contribution in [2.45, 2.75) is 6.42 Å². The van der Waals surface area contributed by atoms with E-state index in [0.717, 1.165) is 0 Å². The molecule has 0 fully saturated rings. The fourth-order valence-electron chi connectivity index (χ4n) is 0.941. The summed E-state index contributed by atoms with van der Waals surface area (Å²) in [5.74, 6) is -0.441. The van der Waals surface area contributed by atoms with Gasteiger partial charge in [-0.25, -0.2) is 0 Å². The second kappa shape index (κ2) is 3.86. The maximum absolute atomic E-state index is 10.9. The standard InChI is InChI=1S/C7H9N3O4/c1-9-4-6(10(12)13)8-5(9)3-7(11)14-2/h4H,3H2,1-2H3. The maximum atomic E-state index is 10.9. The number of carbonyl (C=O) groups is 1. The molecule has 1 heterocycles. The number of hydrogen-bond donors (Lipinski definition) is 0. The molecule has 1 aromatic heterocycles. The van der Waals surface area contributed by atoms with Crippen LogP contribution in [0.25, 0.3) is 0 Å². The minimum Gasteiger partial charge on any atom is -0.469 e. The number of carbonyl (C=O) groups excluding carboxylic acids is 1. The molecule has 76 valence electrons. The van der Waals surface area contributed by atoms with Crippen LogP contribution in [0.2, 0.25) is 0 Å². The molecule has 0 saturated heterocycles. The van der Waals surface area contributed by atoms with Crippen molar-refractivity contribution < 1.29 is 14.5 Å². The quantitative estimate of drug-likeness (QED) is 0.389. The number of aryl methyl sites for hydroxylation is 1. The lowest BCUT2D eigenvalue weighted by atomic mass is 10.4. The van der Waals surface area contributed by atoms with Crippen LogP contribution < -0.4 is 0 Å². The Kier molecular flexibility index (Phi) is 2.80. The van der Waals surface area contributed by atoms with Crippen LogP contribution in [0.3, 0.4) is 0 Å². The van der Waals surface area contributed by atoms with Crippen molar-refractivity contribution >= 4 is 11.8 Å². The summed E-state index contributed by atoms with van der Waals surface area (Å²) in [7, 11) is 2.83. The Bertz CT molecular complexity index is 371. The van der Waals surface area contributed by atoms with Gasteiger partial charge in [0.2, 0.25) is 5.82 Å². The summed E-state index contributed by atoms with van der Waals surface area (Å²) in [5.41, 5.74) is 0. The number of rotatable bonds is 3. The van der Waals surface area contributed by atoms with Crippen molar-refractivity contribution in [2.75, 3.05) is 7.11 Å². The third-order valence-corrected chi connectivity index (χ3v) is 1.68. The van der Waals surface area contributed by atoms with Crippen LogP contribution in [0.5, 0.6) is 0 Å². The Hall–Kier alpha value is -1.92. The van der Waals surface area contributed by atoms with E-state index >= 15 is 0 Å². The Morgan fingerprint density at radius 3 is 2.86 bits per heavy atom. The molecule has 0 saturated carbocycles. The Balaban J connectivity index is 2.88. The summed E-state index contributed by atoms with van der Waals surface area (Å²) >= 11 is 0. The SMILES string of the molecule is COC(=O)Cc1nc([N+](=O)[O-])cn1C. The molecule has 14 heavy (non-hydrogen) atoms. The highest BCUT2D eigenvalue weighted by Crippen LogP contribution is 2.09. The van der Waals surface area contributed by atoms with E-state index in [1.54, 1.807) is 7.05 Å². The molecule has 7 heteroatoms. The first-order valence-electron chi connectivity index (χ1n) is 3.78. The Morgan fingerprint density at radius 2 is 2.43 bits per heavy atom. The molecule has 1 aromatic rings. The van der Waals surface area contributed by atoms with E-state index < -0.39 is 10.9 Å². The zero-order chi connectivity index (χ0) is 10.7. The van der Waals surface area contributed by atoms with Crippen molar-refractivity contribution in [2.24, 2.45) is 7.05 Å². The van der Waals surface area contributed by atoms with Gasteiger partial charge in [-0.2, -0.15) is 0 Å². The minimum absolute atomic E-state index is 0.0686. The van der Waals surface area contributed by atoms with Gasteiger partial charge in [0.1, 0.15) is 12.6 Å². The average molecular weight is 199 g/mol. The fourth-order valence-corrected chi connectivity index (χ4v) is 0.941. The van der Waals surface area contributed by atoms with Crippen molar-refractivity contribution in [1.29, 1.82) is 0 Å². The second-order valence-corrected chi connectivity index (χ2v) is 2.64. The number of aromatic nitrogens is 2. The highest BCUT2D eigenvalue weighted by atomic mass is 16.6. The number of esters is 1. The summed E-state index contributed by atoms with van der Waals surface area (Å²) in [6, 6.07) is 0. The predicted molar refractivity (Wildman–Crippen MR) is 45.6 cm³/mol. The largest absolute Gasteiger partial charge is 0.469 e. The second-order valence-electron chi connectivity index (χ2n) is 2.64. The molecule has 7 nitrogen and oxygen atoms in total. The number of nitro groups is 1. The molecule has 0 radical (unpaired) electrons. The van der Waals surface area contributed by atoms with Gasteiger partial charge in [-0.15, -0.1) is 0 Å². The summed E-state index contributed by atoms with van der Waals surface area (Å²) in [4.78, 5) is 24.3. The molecular formula is C7H9N3O4. The highest BCUT2D eigenvalue weighted by molar-refractivity contribution is 5.71. The fraction of sp³-hybridized carbons (Fsp3) is 0.429. The molecule has 0 bridgehead atoms. The number of hydrogen-bond acceptors (Lipinski definition) is 5. The van der Waals surface area contributed by atoms with Gasteiger partial charge in [0, 0.05) is 7.05 Å². The van der Waals surface area contributed by atoms with Crippen molar-refractivity contribution in [3.05, 3.63) is 22.1 Å². The van der Waals surface area contributed by atoms with Gasteiger partial charge in [-0.05, 0) is 9.91 Å². The number of imidazole rings is 1. The summed E-state index contributed by atoms with van der Waals surface area (Å²) < 4.78 is 5.84. The van der Waals surface area contributed by atoms with Crippen LogP contribution >= 0.6 is 0 Å². The van der Waals surface area contributed by atoms with Gasteiger partial charge in [0.05, 0.1) is 7.11 Å². The molecule has 0 spiro atoms. The lowest BCUT2D eigenvalue weighted by molar-refractivity contribution is -0.389. The zero-order valence-electron chi connectivity index (χ0n) is 7.76. The monoisotopic (exact) mass is 199 g/mol. The van der Waals surface area contributed by atoms with Gasteiger partial charge < -0.3 is 19.4 Å². The zero-order valence-corrected chi connectivity index (χ0v) is 7.76. The van der Waals surface area contributed by atoms with Gasteiger partial charge in [-0.3, -0.25) is 4.79 Å². The summed E-state index contributed by atoms with van der Waals surface area (Å²) in [6.07, 6.45) is 1.18. The normalized spacial score (nSPS) is 9.86. The van der Waals surface area contributed by atoms with Crippen LogP contribution in [-0.4, -0.2) is 27.6 Å². The third kappa shape index (κ3) is 2.06. The van der Waals surface area contributed by atoms with E-state index in [4.69, 9.17) is 0 Å². The molecule has 0 atom stereocenters.